The highest BCUT2D eigenvalue weighted by molar-refractivity contribution is 7.13. The number of carbonyl (C=O) groups excluding carboxylic acids is 1. The minimum Gasteiger partial charge on any atom is -0.507 e. The highest BCUT2D eigenvalue weighted by atomic mass is 32.1. The van der Waals surface area contributed by atoms with Crippen LogP contribution >= 0.6 is 11.3 Å². The Balaban J connectivity index is 1.72. The number of amides is 1. The van der Waals surface area contributed by atoms with Crippen LogP contribution in [0.2, 0.25) is 0 Å². The van der Waals surface area contributed by atoms with Gasteiger partial charge >= 0.3 is 0 Å². The number of aromatic amines is 1. The van der Waals surface area contributed by atoms with Gasteiger partial charge in [-0.05, 0) is 36.6 Å². The molecule has 0 aliphatic heterocycles. The van der Waals surface area contributed by atoms with Gasteiger partial charge in [-0.25, -0.2) is 5.43 Å². The van der Waals surface area contributed by atoms with Crippen LogP contribution < -0.4 is 5.43 Å². The Kier molecular flexibility index (Phi) is 4.20. The maximum absolute atomic E-state index is 12.1. The molecule has 0 bridgehead atoms. The first-order chi connectivity index (χ1) is 11.1. The van der Waals surface area contributed by atoms with Crippen molar-refractivity contribution in [3.63, 3.8) is 0 Å². The van der Waals surface area contributed by atoms with Gasteiger partial charge in [-0.2, -0.15) is 10.2 Å². The Morgan fingerprint density at radius 1 is 1.30 bits per heavy atom. The largest absolute Gasteiger partial charge is 0.507 e. The standard InChI is InChI=1S/C16H14N4O2S/c1-10(11-5-2-3-6-14(11)21)17-20-16(22)13-9-12(18-19-13)15-7-4-8-23-15/h2-9,21H,1H3,(H,18,19)(H,20,22). The van der Waals surface area contributed by atoms with E-state index < -0.39 is 5.91 Å². The van der Waals surface area contributed by atoms with E-state index in [0.29, 0.717) is 11.3 Å². The molecular weight excluding hydrogens is 312 g/mol. The van der Waals surface area contributed by atoms with Gasteiger partial charge in [0.05, 0.1) is 16.3 Å². The molecule has 7 heteroatoms. The summed E-state index contributed by atoms with van der Waals surface area (Å²) < 4.78 is 0. The van der Waals surface area contributed by atoms with Crippen molar-refractivity contribution in [1.29, 1.82) is 0 Å². The van der Waals surface area contributed by atoms with Gasteiger partial charge in [0.1, 0.15) is 5.75 Å². The zero-order valence-electron chi connectivity index (χ0n) is 12.3. The number of thiophene rings is 1. The average molecular weight is 326 g/mol. The summed E-state index contributed by atoms with van der Waals surface area (Å²) in [6, 6.07) is 12.4. The van der Waals surface area contributed by atoms with Gasteiger partial charge in [0.15, 0.2) is 5.69 Å². The van der Waals surface area contributed by atoms with E-state index in [1.165, 1.54) is 0 Å². The number of hydrazone groups is 1. The van der Waals surface area contributed by atoms with Crippen LogP contribution in [0.5, 0.6) is 5.75 Å². The van der Waals surface area contributed by atoms with Crippen molar-refractivity contribution < 1.29 is 9.90 Å². The Hall–Kier alpha value is -2.93. The molecule has 0 spiro atoms. The molecule has 2 heterocycles. The number of hydrogen-bond acceptors (Lipinski definition) is 5. The summed E-state index contributed by atoms with van der Waals surface area (Å²) in [5.74, 6) is -0.304. The van der Waals surface area contributed by atoms with Crippen molar-refractivity contribution in [3.8, 4) is 16.3 Å². The van der Waals surface area contributed by atoms with Crippen LogP contribution in [0.4, 0.5) is 0 Å². The fourth-order valence-corrected chi connectivity index (χ4v) is 2.72. The molecule has 1 aromatic carbocycles. The van der Waals surface area contributed by atoms with E-state index in [2.05, 4.69) is 20.7 Å². The molecule has 1 amide bonds. The highest BCUT2D eigenvalue weighted by Gasteiger charge is 2.12. The predicted molar refractivity (Wildman–Crippen MR) is 89.7 cm³/mol. The van der Waals surface area contributed by atoms with E-state index in [1.54, 1.807) is 48.6 Å². The number of aromatic nitrogens is 2. The van der Waals surface area contributed by atoms with Crippen molar-refractivity contribution in [1.82, 2.24) is 15.6 Å². The maximum atomic E-state index is 12.1. The first kappa shape index (κ1) is 15.0. The zero-order valence-corrected chi connectivity index (χ0v) is 13.1. The molecule has 6 nitrogen and oxygen atoms in total. The van der Waals surface area contributed by atoms with Crippen molar-refractivity contribution in [2.75, 3.05) is 0 Å². The summed E-state index contributed by atoms with van der Waals surface area (Å²) in [7, 11) is 0. The van der Waals surface area contributed by atoms with E-state index in [4.69, 9.17) is 0 Å². The third kappa shape index (κ3) is 3.29. The molecule has 3 rings (SSSR count). The second-order valence-corrected chi connectivity index (χ2v) is 5.75. The smallest absolute Gasteiger partial charge is 0.291 e. The van der Waals surface area contributed by atoms with Gasteiger partial charge in [0.25, 0.3) is 5.91 Å². The van der Waals surface area contributed by atoms with Crippen LogP contribution in [0.1, 0.15) is 23.0 Å². The lowest BCUT2D eigenvalue weighted by Crippen LogP contribution is -2.19. The van der Waals surface area contributed by atoms with Crippen LogP contribution in [0.15, 0.2) is 52.9 Å². The fraction of sp³-hybridized carbons (Fsp3) is 0.0625. The van der Waals surface area contributed by atoms with Gasteiger partial charge in [-0.15, -0.1) is 11.3 Å². The van der Waals surface area contributed by atoms with Gasteiger partial charge in [-0.1, -0.05) is 18.2 Å². The summed E-state index contributed by atoms with van der Waals surface area (Å²) in [5, 5.41) is 22.5. The molecular formula is C16H14N4O2S. The van der Waals surface area contributed by atoms with Crippen LogP contribution in [-0.4, -0.2) is 26.9 Å². The van der Waals surface area contributed by atoms with Gasteiger partial charge in [0, 0.05) is 5.56 Å². The zero-order chi connectivity index (χ0) is 16.2. The summed E-state index contributed by atoms with van der Waals surface area (Å²) in [6.07, 6.45) is 0. The maximum Gasteiger partial charge on any atom is 0.291 e. The molecule has 0 aliphatic rings. The SMILES string of the molecule is CC(=NNC(=O)c1cc(-c2cccs2)[nH]n1)c1ccccc1O. The summed E-state index contributed by atoms with van der Waals surface area (Å²) in [6.45, 7) is 1.71. The molecule has 0 atom stereocenters. The highest BCUT2D eigenvalue weighted by Crippen LogP contribution is 2.22. The monoisotopic (exact) mass is 326 g/mol. The Labute approximate surface area is 136 Å². The number of nitrogens with zero attached hydrogens (tertiary/aromatic N) is 2. The molecule has 0 fully saturated rings. The normalized spacial score (nSPS) is 11.4. The first-order valence-corrected chi connectivity index (χ1v) is 7.75. The van der Waals surface area contributed by atoms with Crippen molar-refractivity contribution in [3.05, 3.63) is 59.1 Å². The number of phenolic OH excluding ortho intramolecular Hbond substituents is 1. The van der Waals surface area contributed by atoms with Crippen molar-refractivity contribution in [2.45, 2.75) is 6.92 Å². The van der Waals surface area contributed by atoms with Crippen molar-refractivity contribution in [2.24, 2.45) is 5.10 Å². The molecule has 23 heavy (non-hydrogen) atoms. The van der Waals surface area contributed by atoms with E-state index in [1.807, 2.05) is 17.5 Å². The molecule has 0 radical (unpaired) electrons. The van der Waals surface area contributed by atoms with E-state index in [-0.39, 0.29) is 11.4 Å². The lowest BCUT2D eigenvalue weighted by molar-refractivity contribution is 0.0950. The minimum absolute atomic E-state index is 0.114. The number of phenols is 1. The average Bonchev–Trinajstić information content (AvgIpc) is 3.23. The number of benzene rings is 1. The Morgan fingerprint density at radius 2 is 2.13 bits per heavy atom. The van der Waals surface area contributed by atoms with E-state index >= 15 is 0 Å². The molecule has 0 saturated heterocycles. The van der Waals surface area contributed by atoms with E-state index in [0.717, 1.165) is 10.6 Å². The quantitative estimate of drug-likeness (QED) is 0.508. The summed E-state index contributed by atoms with van der Waals surface area (Å²) >= 11 is 1.56. The molecule has 3 N–H and O–H groups in total. The number of aromatic hydroxyl groups is 1. The molecule has 116 valence electrons. The molecule has 2 aromatic heterocycles. The van der Waals surface area contributed by atoms with Crippen LogP contribution in [0.3, 0.4) is 0 Å². The molecule has 0 saturated carbocycles. The third-order valence-corrected chi connectivity index (χ3v) is 4.12. The molecule has 0 aliphatic carbocycles. The predicted octanol–water partition coefficient (Wildman–Crippen LogP) is 3.00. The number of carbonyl (C=O) groups is 1. The second kappa shape index (κ2) is 6.45. The second-order valence-electron chi connectivity index (χ2n) is 4.80. The number of rotatable bonds is 4. The van der Waals surface area contributed by atoms with E-state index in [9.17, 15) is 9.90 Å². The number of nitrogens with one attached hydrogen (secondary N) is 2. The minimum atomic E-state index is -0.418. The fourth-order valence-electron chi connectivity index (χ4n) is 2.03. The number of para-hydroxylation sites is 1. The van der Waals surface area contributed by atoms with Gasteiger partial charge < -0.3 is 5.11 Å². The summed E-state index contributed by atoms with van der Waals surface area (Å²) in [4.78, 5) is 13.1. The van der Waals surface area contributed by atoms with Gasteiger partial charge in [0.2, 0.25) is 0 Å². The van der Waals surface area contributed by atoms with Crippen LogP contribution in [-0.2, 0) is 0 Å². The third-order valence-electron chi connectivity index (χ3n) is 3.22. The first-order valence-electron chi connectivity index (χ1n) is 6.87. The Bertz CT molecular complexity index is 853. The molecule has 3 aromatic rings. The number of hydrogen-bond donors (Lipinski definition) is 3. The topological polar surface area (TPSA) is 90.4 Å². The van der Waals surface area contributed by atoms with Gasteiger partial charge in [-0.3, -0.25) is 9.89 Å². The van der Waals surface area contributed by atoms with Crippen molar-refractivity contribution >= 4 is 23.0 Å². The number of H-pyrrole nitrogens is 1. The lowest BCUT2D eigenvalue weighted by Gasteiger charge is -2.03. The Morgan fingerprint density at radius 3 is 2.87 bits per heavy atom. The lowest BCUT2D eigenvalue weighted by atomic mass is 10.1. The molecule has 0 unspecified atom stereocenters. The van der Waals surface area contributed by atoms with Crippen LogP contribution in [0, 0.1) is 0 Å². The summed E-state index contributed by atoms with van der Waals surface area (Å²) in [5.41, 5.74) is 4.55. The van der Waals surface area contributed by atoms with Crippen LogP contribution in [0.25, 0.3) is 10.6 Å².